The molecule has 0 unspecified atom stereocenters. The number of hydrogen-bond acceptors (Lipinski definition) is 0. The van der Waals surface area contributed by atoms with Gasteiger partial charge in [0.1, 0.15) is 0 Å². The van der Waals surface area contributed by atoms with E-state index in [1.165, 1.54) is 11.1 Å². The van der Waals surface area contributed by atoms with Crippen LogP contribution in [-0.4, -0.2) is 0 Å². The van der Waals surface area contributed by atoms with Gasteiger partial charge >= 0.3 is 33.3 Å². The van der Waals surface area contributed by atoms with E-state index in [-0.39, 0.29) is 37.9 Å². The number of halogens is 4. The molecule has 0 aliphatic heterocycles. The van der Waals surface area contributed by atoms with Crippen LogP contribution in [0.1, 0.15) is 0 Å². The average molecular weight is 356 g/mol. The van der Waals surface area contributed by atoms with Crippen LogP contribution in [-0.2, 0) is 13.1 Å². The summed E-state index contributed by atoms with van der Waals surface area (Å²) >= 11 is 0.194. The maximum absolute atomic E-state index is 4.76. The number of nitrogens with one attached hydrogen (secondary N) is 2. The van der Waals surface area contributed by atoms with Gasteiger partial charge in [-0.05, 0) is 11.1 Å². The summed E-state index contributed by atoms with van der Waals surface area (Å²) in [6.07, 6.45) is 7.69. The molecule has 2 rings (SSSR count). The van der Waals surface area contributed by atoms with Crippen LogP contribution in [0.15, 0.2) is 49.1 Å². The number of hydrogen-bond donors (Lipinski definition) is 0. The van der Waals surface area contributed by atoms with E-state index >= 15 is 0 Å². The van der Waals surface area contributed by atoms with E-state index in [1.807, 2.05) is 24.8 Å². The van der Waals surface area contributed by atoms with Crippen LogP contribution in [0.25, 0.3) is 11.1 Å². The summed E-state index contributed by atoms with van der Waals surface area (Å²) in [5.74, 6) is 0. The van der Waals surface area contributed by atoms with E-state index in [0.29, 0.717) is 0 Å². The van der Waals surface area contributed by atoms with Gasteiger partial charge in [-0.25, -0.2) is 9.97 Å². The van der Waals surface area contributed by atoms with Gasteiger partial charge in [0.05, 0.1) is 0 Å². The molecular weight excluding hydrogens is 346 g/mol. The fourth-order valence-electron chi connectivity index (χ4n) is 1.16. The summed E-state index contributed by atoms with van der Waals surface area (Å²) in [4.78, 5) is 5.99. The Morgan fingerprint density at radius 3 is 1.18 bits per heavy atom. The van der Waals surface area contributed by atoms with E-state index < -0.39 is 0 Å². The molecule has 0 saturated heterocycles. The number of pyridine rings is 2. The van der Waals surface area contributed by atoms with E-state index in [4.69, 9.17) is 20.2 Å². The molecule has 0 spiro atoms. The van der Waals surface area contributed by atoms with Crippen molar-refractivity contribution in [3.63, 3.8) is 0 Å². The molecule has 2 aromatic rings. The smallest absolute Gasteiger partial charge is 0.167 e. The van der Waals surface area contributed by atoms with Gasteiger partial charge < -0.3 is 24.8 Å². The Bertz CT molecular complexity index is 337. The molecule has 2 heterocycles. The second-order valence-corrected chi connectivity index (χ2v) is 4.45. The first-order valence-electron chi connectivity index (χ1n) is 4.16. The van der Waals surface area contributed by atoms with Crippen molar-refractivity contribution in [1.29, 1.82) is 0 Å². The number of H-pyrrole nitrogens is 2. The van der Waals surface area contributed by atoms with Crippen molar-refractivity contribution in [2.45, 2.75) is 0 Å². The van der Waals surface area contributed by atoms with Crippen molar-refractivity contribution in [3.05, 3.63) is 49.1 Å². The van der Waals surface area contributed by atoms with Gasteiger partial charge in [0.15, 0.2) is 24.8 Å². The van der Waals surface area contributed by atoms with Crippen molar-refractivity contribution < 1.29 is 47.9 Å². The number of rotatable bonds is 1. The largest absolute Gasteiger partial charge is 0.218 e. The van der Waals surface area contributed by atoms with Crippen LogP contribution in [0.5, 0.6) is 0 Å². The Labute approximate surface area is 128 Å². The van der Waals surface area contributed by atoms with Gasteiger partial charge in [-0.3, -0.25) is 0 Å². The van der Waals surface area contributed by atoms with E-state index in [0.717, 1.165) is 0 Å². The van der Waals surface area contributed by atoms with Crippen LogP contribution in [0.2, 0.25) is 0 Å². The molecule has 0 radical (unpaired) electrons. The summed E-state index contributed by atoms with van der Waals surface area (Å²) in [6, 6.07) is 8.20. The molecule has 0 fully saturated rings. The second-order valence-electron chi connectivity index (χ2n) is 2.63. The third-order valence-corrected chi connectivity index (χ3v) is 1.77. The minimum Gasteiger partial charge on any atom is -0.218 e. The molecule has 96 valence electrons. The Hall–Kier alpha value is -0.0205. The first kappa shape index (κ1) is 19.3. The molecule has 0 aromatic carbocycles. The first-order valence-corrected chi connectivity index (χ1v) is 7.20. The molecule has 0 saturated carbocycles. The fourth-order valence-corrected chi connectivity index (χ4v) is 1.16. The summed E-state index contributed by atoms with van der Waals surface area (Å²) < 4.78 is 0. The molecule has 2 nitrogen and oxygen atoms in total. The van der Waals surface area contributed by atoms with Crippen molar-refractivity contribution in [2.75, 3.05) is 0 Å². The van der Waals surface area contributed by atoms with E-state index in [9.17, 15) is 0 Å². The van der Waals surface area contributed by atoms with Crippen LogP contribution in [0, 0.1) is 0 Å². The molecule has 0 aliphatic carbocycles. The topological polar surface area (TPSA) is 28.3 Å². The quantitative estimate of drug-likeness (QED) is 0.472. The summed E-state index contributed by atoms with van der Waals surface area (Å²) in [6.45, 7) is 0. The molecular formula is C10H10Cl4FeN2. The predicted octanol–water partition coefficient (Wildman–Crippen LogP) is -3.63. The Balaban J connectivity index is 0. The fraction of sp³-hybridized carbons (Fsp3) is 0. The number of aromatic nitrogens is 2. The van der Waals surface area contributed by atoms with Gasteiger partial charge in [0.25, 0.3) is 0 Å². The second kappa shape index (κ2) is 12.4. The minimum absolute atomic E-state index is 0. The Morgan fingerprint density at radius 1 is 0.706 bits per heavy atom. The molecule has 7 heteroatoms. The maximum atomic E-state index is 4.76. The normalized spacial score (nSPS) is 8.12. The van der Waals surface area contributed by atoms with Gasteiger partial charge in [-0.1, -0.05) is 0 Å². The summed E-state index contributed by atoms with van der Waals surface area (Å²) in [5.41, 5.74) is 2.45. The van der Waals surface area contributed by atoms with Gasteiger partial charge in [0, 0.05) is 24.3 Å². The molecule has 17 heavy (non-hydrogen) atoms. The average Bonchev–Trinajstić information content (AvgIpc) is 2.32. The molecule has 0 atom stereocenters. The van der Waals surface area contributed by atoms with E-state index in [1.54, 1.807) is 0 Å². The SMILES string of the molecule is [Cl-].[Cl-].[Cl][Fe][Cl].c1cc(-c2cc[nH+]cc2)cc[nH+]1. The van der Waals surface area contributed by atoms with Crippen LogP contribution in [0.4, 0.5) is 0 Å². The van der Waals surface area contributed by atoms with Crippen molar-refractivity contribution >= 4 is 20.2 Å². The molecule has 0 aliphatic rings. The van der Waals surface area contributed by atoms with Crippen molar-refractivity contribution in [3.8, 4) is 11.1 Å². The molecule has 0 bridgehead atoms. The van der Waals surface area contributed by atoms with Gasteiger partial charge in [-0.2, -0.15) is 0 Å². The zero-order valence-electron chi connectivity index (χ0n) is 8.48. The minimum atomic E-state index is 0. The van der Waals surface area contributed by atoms with Gasteiger partial charge in [-0.15, -0.1) is 0 Å². The summed E-state index contributed by atoms with van der Waals surface area (Å²) in [5, 5.41) is 0. The molecule has 0 amide bonds. The predicted molar refractivity (Wildman–Crippen MR) is 56.7 cm³/mol. The molecule has 2 N–H and O–H groups in total. The third-order valence-electron chi connectivity index (χ3n) is 1.77. The third kappa shape index (κ3) is 7.82. The van der Waals surface area contributed by atoms with Crippen molar-refractivity contribution in [1.82, 2.24) is 0 Å². The standard InChI is InChI=1S/C10H8N2.4ClH.Fe/c1-5-11-6-2-9(1)10-3-7-12-8-4-10;;;;;/h1-8H;4*1H;/q;;;;;+2/p-2. The van der Waals surface area contributed by atoms with Gasteiger partial charge in [0.2, 0.25) is 0 Å². The zero-order chi connectivity index (χ0) is 10.9. The Morgan fingerprint density at radius 2 is 0.941 bits per heavy atom. The van der Waals surface area contributed by atoms with Crippen LogP contribution >= 0.6 is 20.2 Å². The number of aromatic amines is 2. The van der Waals surface area contributed by atoms with Crippen LogP contribution in [0.3, 0.4) is 0 Å². The summed E-state index contributed by atoms with van der Waals surface area (Å²) in [7, 11) is 9.53. The molecule has 2 aromatic heterocycles. The monoisotopic (exact) mass is 354 g/mol. The van der Waals surface area contributed by atoms with Crippen molar-refractivity contribution in [2.24, 2.45) is 0 Å². The zero-order valence-corrected chi connectivity index (χ0v) is 12.6. The van der Waals surface area contributed by atoms with Crippen LogP contribution < -0.4 is 34.8 Å². The maximum Gasteiger partial charge on any atom is 0.167 e. The van der Waals surface area contributed by atoms with E-state index in [2.05, 4.69) is 34.2 Å². The first-order chi connectivity index (χ1) is 7.38. The Kier molecular flexibility index (Phi) is 14.1.